The van der Waals surface area contributed by atoms with Crippen LogP contribution in [0.3, 0.4) is 0 Å². The third kappa shape index (κ3) is 4.17. The van der Waals surface area contributed by atoms with E-state index in [4.69, 9.17) is 0 Å². The summed E-state index contributed by atoms with van der Waals surface area (Å²) in [5.41, 5.74) is 2.98. The van der Waals surface area contributed by atoms with E-state index in [0.29, 0.717) is 0 Å². The van der Waals surface area contributed by atoms with E-state index in [1.54, 1.807) is 11.3 Å². The molecule has 0 bridgehead atoms. The zero-order valence-electron chi connectivity index (χ0n) is 11.3. The number of anilines is 2. The van der Waals surface area contributed by atoms with Gasteiger partial charge < -0.3 is 10.6 Å². The molecule has 0 unspecified atom stereocenters. The van der Waals surface area contributed by atoms with Crippen LogP contribution in [0.25, 0.3) is 0 Å². The lowest BCUT2D eigenvalue weighted by Crippen LogP contribution is -2.10. The Labute approximate surface area is 117 Å². The summed E-state index contributed by atoms with van der Waals surface area (Å²) in [6.07, 6.45) is 1.74. The van der Waals surface area contributed by atoms with Crippen molar-refractivity contribution in [2.45, 2.75) is 26.7 Å². The molecule has 0 amide bonds. The lowest BCUT2D eigenvalue weighted by Gasteiger charge is -2.09. The SMILES string of the molecule is CCNc1cc(NCCc2cscn2)nc(CC)n1. The van der Waals surface area contributed by atoms with Crippen molar-refractivity contribution in [1.29, 1.82) is 0 Å². The third-order valence-corrected chi connectivity index (χ3v) is 3.25. The molecule has 0 spiro atoms. The van der Waals surface area contributed by atoms with E-state index < -0.39 is 0 Å². The fourth-order valence-electron chi connectivity index (χ4n) is 1.70. The first kappa shape index (κ1) is 13.7. The number of hydrogen-bond donors (Lipinski definition) is 2. The van der Waals surface area contributed by atoms with Gasteiger partial charge in [0.1, 0.15) is 17.5 Å². The quantitative estimate of drug-likeness (QED) is 0.814. The second-order valence-electron chi connectivity index (χ2n) is 4.10. The van der Waals surface area contributed by atoms with Gasteiger partial charge in [-0.1, -0.05) is 6.92 Å². The zero-order valence-corrected chi connectivity index (χ0v) is 12.1. The first-order chi connectivity index (χ1) is 9.31. The summed E-state index contributed by atoms with van der Waals surface area (Å²) < 4.78 is 0. The van der Waals surface area contributed by atoms with Crippen molar-refractivity contribution in [2.75, 3.05) is 23.7 Å². The van der Waals surface area contributed by atoms with Crippen molar-refractivity contribution in [3.05, 3.63) is 28.5 Å². The molecule has 2 N–H and O–H groups in total. The van der Waals surface area contributed by atoms with Gasteiger partial charge >= 0.3 is 0 Å². The molecule has 0 atom stereocenters. The topological polar surface area (TPSA) is 62.7 Å². The Morgan fingerprint density at radius 3 is 2.58 bits per heavy atom. The van der Waals surface area contributed by atoms with Gasteiger partial charge in [-0.15, -0.1) is 11.3 Å². The average molecular weight is 277 g/mol. The van der Waals surface area contributed by atoms with Crippen LogP contribution in [0.5, 0.6) is 0 Å². The standard InChI is InChI=1S/C13H19N5S/c1-3-11-17-12(14-4-2)7-13(18-11)15-6-5-10-8-19-9-16-10/h7-9H,3-6H2,1-2H3,(H2,14,15,17,18). The molecule has 102 valence electrons. The molecule has 2 heterocycles. The second kappa shape index (κ2) is 7.04. The van der Waals surface area contributed by atoms with Gasteiger partial charge in [-0.3, -0.25) is 0 Å². The van der Waals surface area contributed by atoms with Crippen LogP contribution in [0, 0.1) is 0 Å². The average Bonchev–Trinajstić information content (AvgIpc) is 2.92. The maximum Gasteiger partial charge on any atom is 0.132 e. The molecule has 0 aliphatic carbocycles. The van der Waals surface area contributed by atoms with Crippen LogP contribution < -0.4 is 10.6 Å². The minimum Gasteiger partial charge on any atom is -0.370 e. The van der Waals surface area contributed by atoms with Crippen LogP contribution in [0.4, 0.5) is 11.6 Å². The smallest absolute Gasteiger partial charge is 0.132 e. The van der Waals surface area contributed by atoms with Crippen molar-refractivity contribution in [1.82, 2.24) is 15.0 Å². The fraction of sp³-hybridized carbons (Fsp3) is 0.462. The molecule has 19 heavy (non-hydrogen) atoms. The second-order valence-corrected chi connectivity index (χ2v) is 4.81. The molecule has 0 radical (unpaired) electrons. The number of aryl methyl sites for hydroxylation is 1. The van der Waals surface area contributed by atoms with Crippen LogP contribution in [0.2, 0.25) is 0 Å². The molecule has 0 saturated carbocycles. The number of hydrogen-bond acceptors (Lipinski definition) is 6. The normalized spacial score (nSPS) is 10.4. The molecule has 0 saturated heterocycles. The maximum absolute atomic E-state index is 4.47. The number of aromatic nitrogens is 3. The zero-order chi connectivity index (χ0) is 13.5. The molecule has 0 aliphatic rings. The van der Waals surface area contributed by atoms with Crippen LogP contribution in [0.1, 0.15) is 25.4 Å². The summed E-state index contributed by atoms with van der Waals surface area (Å²) in [6, 6.07) is 1.95. The summed E-state index contributed by atoms with van der Waals surface area (Å²) in [5.74, 6) is 2.61. The Hall–Kier alpha value is -1.69. The van der Waals surface area contributed by atoms with E-state index in [1.807, 2.05) is 11.6 Å². The van der Waals surface area contributed by atoms with E-state index in [1.165, 1.54) is 0 Å². The summed E-state index contributed by atoms with van der Waals surface area (Å²) in [5, 5.41) is 8.63. The molecule has 2 aromatic rings. The molecule has 0 aromatic carbocycles. The molecule has 2 rings (SSSR count). The van der Waals surface area contributed by atoms with E-state index in [0.717, 1.165) is 49.1 Å². The number of nitrogens with one attached hydrogen (secondary N) is 2. The fourth-order valence-corrected chi connectivity index (χ4v) is 2.29. The minimum atomic E-state index is 0.829. The Balaban J connectivity index is 1.96. The van der Waals surface area contributed by atoms with Crippen molar-refractivity contribution in [3.8, 4) is 0 Å². The Morgan fingerprint density at radius 1 is 1.16 bits per heavy atom. The van der Waals surface area contributed by atoms with E-state index in [2.05, 4.69) is 44.8 Å². The van der Waals surface area contributed by atoms with Gasteiger partial charge in [0.15, 0.2) is 0 Å². The number of thiazole rings is 1. The first-order valence-electron chi connectivity index (χ1n) is 6.54. The Kier molecular flexibility index (Phi) is 5.09. The van der Waals surface area contributed by atoms with Gasteiger partial charge in [0.2, 0.25) is 0 Å². The minimum absolute atomic E-state index is 0.829. The van der Waals surface area contributed by atoms with Gasteiger partial charge in [0.25, 0.3) is 0 Å². The third-order valence-electron chi connectivity index (χ3n) is 2.62. The summed E-state index contributed by atoms with van der Waals surface area (Å²) in [6.45, 7) is 5.81. The van der Waals surface area contributed by atoms with Crippen LogP contribution in [-0.2, 0) is 12.8 Å². The van der Waals surface area contributed by atoms with Crippen molar-refractivity contribution in [2.24, 2.45) is 0 Å². The largest absolute Gasteiger partial charge is 0.370 e. The summed E-state index contributed by atoms with van der Waals surface area (Å²) >= 11 is 1.63. The van der Waals surface area contributed by atoms with Gasteiger partial charge in [0.05, 0.1) is 11.2 Å². The van der Waals surface area contributed by atoms with Gasteiger partial charge in [0, 0.05) is 37.4 Å². The lowest BCUT2D eigenvalue weighted by atomic mass is 10.3. The molecule has 6 heteroatoms. The predicted molar refractivity (Wildman–Crippen MR) is 79.9 cm³/mol. The summed E-state index contributed by atoms with van der Waals surface area (Å²) in [7, 11) is 0. The van der Waals surface area contributed by atoms with Gasteiger partial charge in [-0.05, 0) is 6.92 Å². The maximum atomic E-state index is 4.47. The van der Waals surface area contributed by atoms with Gasteiger partial charge in [-0.2, -0.15) is 0 Å². The molecular formula is C13H19N5S. The number of nitrogens with zero attached hydrogens (tertiary/aromatic N) is 3. The van der Waals surface area contributed by atoms with Crippen molar-refractivity contribution >= 4 is 23.0 Å². The Morgan fingerprint density at radius 2 is 1.95 bits per heavy atom. The van der Waals surface area contributed by atoms with Gasteiger partial charge in [-0.25, -0.2) is 15.0 Å². The van der Waals surface area contributed by atoms with Crippen LogP contribution in [-0.4, -0.2) is 28.0 Å². The highest BCUT2D eigenvalue weighted by Gasteiger charge is 2.03. The van der Waals surface area contributed by atoms with Crippen molar-refractivity contribution in [3.63, 3.8) is 0 Å². The highest BCUT2D eigenvalue weighted by Crippen LogP contribution is 2.12. The van der Waals surface area contributed by atoms with Crippen LogP contribution >= 0.6 is 11.3 Å². The predicted octanol–water partition coefficient (Wildman–Crippen LogP) is 2.58. The Bertz CT molecular complexity index is 498. The summed E-state index contributed by atoms with van der Waals surface area (Å²) in [4.78, 5) is 13.2. The molecule has 0 fully saturated rings. The lowest BCUT2D eigenvalue weighted by molar-refractivity contribution is 0.916. The monoisotopic (exact) mass is 277 g/mol. The van der Waals surface area contributed by atoms with E-state index >= 15 is 0 Å². The first-order valence-corrected chi connectivity index (χ1v) is 7.48. The van der Waals surface area contributed by atoms with Crippen molar-refractivity contribution < 1.29 is 0 Å². The molecule has 2 aromatic heterocycles. The number of rotatable bonds is 7. The molecule has 5 nitrogen and oxygen atoms in total. The molecular weight excluding hydrogens is 258 g/mol. The van der Waals surface area contributed by atoms with E-state index in [9.17, 15) is 0 Å². The molecule has 0 aliphatic heterocycles. The highest BCUT2D eigenvalue weighted by molar-refractivity contribution is 7.07. The van der Waals surface area contributed by atoms with E-state index in [-0.39, 0.29) is 0 Å². The highest BCUT2D eigenvalue weighted by atomic mass is 32.1. The van der Waals surface area contributed by atoms with Crippen LogP contribution in [0.15, 0.2) is 17.0 Å².